The van der Waals surface area contributed by atoms with E-state index in [0.29, 0.717) is 41.2 Å². The van der Waals surface area contributed by atoms with E-state index in [0.717, 1.165) is 19.3 Å². The number of rotatable bonds is 7. The van der Waals surface area contributed by atoms with Gasteiger partial charge in [0, 0.05) is 19.0 Å². The Morgan fingerprint density at radius 3 is 2.41 bits per heavy atom. The minimum absolute atomic E-state index is 0.0815. The van der Waals surface area contributed by atoms with Crippen LogP contribution in [0.4, 0.5) is 0 Å². The fourth-order valence-corrected chi connectivity index (χ4v) is 6.20. The lowest BCUT2D eigenvalue weighted by Crippen LogP contribution is -2.47. The maximum atomic E-state index is 13.5. The molecule has 152 valence electrons. The molecule has 7 heteroatoms. The molecule has 0 amide bonds. The van der Waals surface area contributed by atoms with E-state index >= 15 is 0 Å². The van der Waals surface area contributed by atoms with Gasteiger partial charge < -0.3 is 9.47 Å². The molecule has 2 atom stereocenters. The number of carbonyl (C=O) groups excluding carboxylic acids is 1. The second-order valence-electron chi connectivity index (χ2n) is 7.36. The van der Waals surface area contributed by atoms with Gasteiger partial charge in [-0.1, -0.05) is 13.3 Å². The molecule has 1 saturated heterocycles. The molecule has 2 rings (SSSR count). The van der Waals surface area contributed by atoms with Gasteiger partial charge in [-0.2, -0.15) is 4.31 Å². The number of hydrogen-bond acceptors (Lipinski definition) is 5. The summed E-state index contributed by atoms with van der Waals surface area (Å²) in [5.41, 5.74) is 1.39. The largest absolute Gasteiger partial charge is 0.497 e. The van der Waals surface area contributed by atoms with Gasteiger partial charge in [-0.05, 0) is 62.3 Å². The number of piperidine rings is 1. The van der Waals surface area contributed by atoms with Gasteiger partial charge in [0.1, 0.15) is 5.75 Å². The number of carbonyl (C=O) groups is 1. The van der Waals surface area contributed by atoms with E-state index in [4.69, 9.17) is 9.47 Å². The number of nitrogens with zero attached hydrogens (tertiary/aromatic N) is 1. The Bertz CT molecular complexity index is 752. The Hall–Kier alpha value is -1.60. The number of ether oxygens (including phenoxy) is 2. The first-order valence-corrected chi connectivity index (χ1v) is 10.9. The van der Waals surface area contributed by atoms with Crippen LogP contribution >= 0.6 is 0 Å². The Morgan fingerprint density at radius 1 is 1.22 bits per heavy atom. The van der Waals surface area contributed by atoms with E-state index in [-0.39, 0.29) is 17.9 Å². The third-order valence-electron chi connectivity index (χ3n) is 5.42. The van der Waals surface area contributed by atoms with Gasteiger partial charge in [-0.3, -0.25) is 4.79 Å². The van der Waals surface area contributed by atoms with Gasteiger partial charge in [0.2, 0.25) is 10.0 Å². The van der Waals surface area contributed by atoms with Crippen LogP contribution in [-0.2, 0) is 19.6 Å². The van der Waals surface area contributed by atoms with E-state index in [1.807, 2.05) is 20.8 Å². The lowest BCUT2D eigenvalue weighted by molar-refractivity contribution is -0.141. The summed E-state index contributed by atoms with van der Waals surface area (Å²) in [5.74, 6) is 0.484. The highest BCUT2D eigenvalue weighted by molar-refractivity contribution is 7.89. The van der Waals surface area contributed by atoms with Crippen LogP contribution < -0.4 is 4.74 Å². The summed E-state index contributed by atoms with van der Waals surface area (Å²) in [6.07, 6.45) is 3.59. The molecule has 1 aromatic carbocycles. The van der Waals surface area contributed by atoms with Crippen molar-refractivity contribution in [2.24, 2.45) is 5.92 Å². The monoisotopic (exact) mass is 397 g/mol. The molecule has 0 spiro atoms. The van der Waals surface area contributed by atoms with Crippen LogP contribution in [0.5, 0.6) is 5.75 Å². The van der Waals surface area contributed by atoms with Crippen molar-refractivity contribution in [2.45, 2.75) is 63.8 Å². The third kappa shape index (κ3) is 4.82. The molecule has 0 bridgehead atoms. The maximum absolute atomic E-state index is 13.5. The smallest absolute Gasteiger partial charge is 0.305 e. The normalized spacial score (nSPS) is 19.5. The molecule has 1 fully saturated rings. The quantitative estimate of drug-likeness (QED) is 0.659. The van der Waals surface area contributed by atoms with Gasteiger partial charge in [-0.15, -0.1) is 0 Å². The highest BCUT2D eigenvalue weighted by Gasteiger charge is 2.37. The average molecular weight is 398 g/mol. The predicted octanol–water partition coefficient (Wildman–Crippen LogP) is 3.44. The molecule has 0 saturated carbocycles. The minimum atomic E-state index is -3.63. The van der Waals surface area contributed by atoms with E-state index in [2.05, 4.69) is 0 Å². The molecule has 1 heterocycles. The maximum Gasteiger partial charge on any atom is 0.305 e. The molecular formula is C20H31NO5S. The highest BCUT2D eigenvalue weighted by Crippen LogP contribution is 2.34. The summed E-state index contributed by atoms with van der Waals surface area (Å²) in [7, 11) is -0.675. The van der Waals surface area contributed by atoms with Crippen molar-refractivity contribution in [1.82, 2.24) is 4.31 Å². The molecule has 1 aliphatic heterocycles. The van der Waals surface area contributed by atoms with Crippen molar-refractivity contribution in [2.75, 3.05) is 20.8 Å². The fraction of sp³-hybridized carbons (Fsp3) is 0.650. The van der Waals surface area contributed by atoms with Crippen LogP contribution in [0, 0.1) is 19.8 Å². The summed E-state index contributed by atoms with van der Waals surface area (Å²) in [6.45, 7) is 6.15. The van der Waals surface area contributed by atoms with E-state index < -0.39 is 10.0 Å². The molecule has 0 radical (unpaired) electrons. The van der Waals surface area contributed by atoms with Gasteiger partial charge in [-0.25, -0.2) is 8.42 Å². The van der Waals surface area contributed by atoms with Crippen LogP contribution in [0.15, 0.2) is 17.0 Å². The van der Waals surface area contributed by atoms with Crippen molar-refractivity contribution in [3.8, 4) is 5.75 Å². The van der Waals surface area contributed by atoms with Gasteiger partial charge in [0.25, 0.3) is 0 Å². The van der Waals surface area contributed by atoms with E-state index in [1.54, 1.807) is 23.5 Å². The summed E-state index contributed by atoms with van der Waals surface area (Å²) in [4.78, 5) is 11.9. The molecule has 2 unspecified atom stereocenters. The predicted molar refractivity (Wildman–Crippen MR) is 104 cm³/mol. The van der Waals surface area contributed by atoms with Crippen LogP contribution in [-0.4, -0.2) is 45.5 Å². The van der Waals surface area contributed by atoms with Gasteiger partial charge >= 0.3 is 5.97 Å². The molecule has 0 aromatic heterocycles. The Kier molecular flexibility index (Phi) is 7.28. The third-order valence-corrected chi connectivity index (χ3v) is 7.65. The van der Waals surface area contributed by atoms with Crippen molar-refractivity contribution in [3.05, 3.63) is 23.3 Å². The Morgan fingerprint density at radius 2 is 1.85 bits per heavy atom. The number of sulfonamides is 1. The minimum Gasteiger partial charge on any atom is -0.497 e. The first-order chi connectivity index (χ1) is 12.7. The molecular weight excluding hydrogens is 366 g/mol. The molecule has 0 aliphatic carbocycles. The first-order valence-electron chi connectivity index (χ1n) is 9.46. The second-order valence-corrected chi connectivity index (χ2v) is 9.19. The summed E-state index contributed by atoms with van der Waals surface area (Å²) in [5, 5.41) is 0. The number of methoxy groups -OCH3 is 2. The topological polar surface area (TPSA) is 72.9 Å². The highest BCUT2D eigenvalue weighted by atomic mass is 32.2. The second kappa shape index (κ2) is 9.06. The lowest BCUT2D eigenvalue weighted by Gasteiger charge is -2.38. The number of benzene rings is 1. The van der Waals surface area contributed by atoms with E-state index in [9.17, 15) is 13.2 Å². The first kappa shape index (κ1) is 21.7. The Labute approximate surface area is 162 Å². The standard InChI is InChI=1S/C20H31NO5S/c1-14(9-10-19(22)26-5)18-8-6-7-11-21(18)27(23,24)20-15(2)12-17(25-4)13-16(20)3/h12-14,18H,6-11H2,1-5H3. The number of aryl methyl sites for hydroxylation is 2. The zero-order chi connectivity index (χ0) is 20.2. The Balaban J connectivity index is 2.33. The SMILES string of the molecule is COC(=O)CCC(C)C1CCCCN1S(=O)(=O)c1c(C)cc(OC)cc1C. The van der Waals surface area contributed by atoms with Gasteiger partial charge in [0.15, 0.2) is 0 Å². The van der Waals surface area contributed by atoms with Crippen LogP contribution in [0.25, 0.3) is 0 Å². The molecule has 0 N–H and O–H groups in total. The lowest BCUT2D eigenvalue weighted by atomic mass is 9.90. The molecule has 1 aliphatic rings. The summed E-state index contributed by atoms with van der Waals surface area (Å²) in [6, 6.07) is 3.42. The van der Waals surface area contributed by atoms with Crippen molar-refractivity contribution in [3.63, 3.8) is 0 Å². The zero-order valence-electron chi connectivity index (χ0n) is 16.9. The summed E-state index contributed by atoms with van der Waals surface area (Å²) >= 11 is 0. The van der Waals surface area contributed by atoms with Crippen LogP contribution in [0.2, 0.25) is 0 Å². The van der Waals surface area contributed by atoms with Crippen LogP contribution in [0.3, 0.4) is 0 Å². The van der Waals surface area contributed by atoms with Crippen molar-refractivity contribution < 1.29 is 22.7 Å². The fourth-order valence-electron chi connectivity index (χ4n) is 3.99. The number of esters is 1. The zero-order valence-corrected chi connectivity index (χ0v) is 17.8. The van der Waals surface area contributed by atoms with Crippen molar-refractivity contribution in [1.29, 1.82) is 0 Å². The average Bonchev–Trinajstić information content (AvgIpc) is 2.64. The molecule has 1 aromatic rings. The van der Waals surface area contributed by atoms with Gasteiger partial charge in [0.05, 0.1) is 19.1 Å². The van der Waals surface area contributed by atoms with Crippen molar-refractivity contribution >= 4 is 16.0 Å². The number of hydrogen-bond donors (Lipinski definition) is 0. The van der Waals surface area contributed by atoms with Crippen LogP contribution in [0.1, 0.15) is 50.2 Å². The molecule has 6 nitrogen and oxygen atoms in total. The summed E-state index contributed by atoms with van der Waals surface area (Å²) < 4.78 is 38.7. The molecule has 27 heavy (non-hydrogen) atoms. The van der Waals surface area contributed by atoms with E-state index in [1.165, 1.54) is 7.11 Å².